The minimum atomic E-state index is -0.454. The zero-order chi connectivity index (χ0) is 20.7. The first-order valence-corrected chi connectivity index (χ1v) is 10.7. The SMILES string of the molecule is O=C(Nc1c(-c2ccccc2)nc2sccn12)C1CC(=O)N(c2cccc(Cl)c2)C1. The lowest BCUT2D eigenvalue weighted by atomic mass is 10.1. The molecule has 0 spiro atoms. The number of carbonyl (C=O) groups is 2. The molecular weight excluding hydrogens is 420 g/mol. The molecule has 1 fully saturated rings. The number of imidazole rings is 1. The fourth-order valence-corrected chi connectivity index (χ4v) is 4.60. The minimum Gasteiger partial charge on any atom is -0.312 e. The topological polar surface area (TPSA) is 66.7 Å². The van der Waals surface area contributed by atoms with Crippen LogP contribution in [-0.2, 0) is 9.59 Å². The molecule has 2 aromatic carbocycles. The molecule has 6 nitrogen and oxygen atoms in total. The highest BCUT2D eigenvalue weighted by molar-refractivity contribution is 7.15. The number of anilines is 2. The molecule has 1 saturated heterocycles. The number of carbonyl (C=O) groups excluding carboxylic acids is 2. The monoisotopic (exact) mass is 436 g/mol. The Labute approximate surface area is 181 Å². The van der Waals surface area contributed by atoms with Crippen molar-refractivity contribution in [2.75, 3.05) is 16.8 Å². The summed E-state index contributed by atoms with van der Waals surface area (Å²) in [5.41, 5.74) is 2.34. The molecule has 1 N–H and O–H groups in total. The molecule has 4 aromatic rings. The van der Waals surface area contributed by atoms with Crippen LogP contribution in [-0.4, -0.2) is 27.7 Å². The van der Waals surface area contributed by atoms with Crippen LogP contribution in [0.15, 0.2) is 66.2 Å². The molecule has 1 aliphatic rings. The fourth-order valence-electron chi connectivity index (χ4n) is 3.70. The van der Waals surface area contributed by atoms with Crippen molar-refractivity contribution in [2.24, 2.45) is 5.92 Å². The van der Waals surface area contributed by atoms with Crippen LogP contribution in [0, 0.1) is 5.92 Å². The number of fused-ring (bicyclic) bond motifs is 1. The molecule has 30 heavy (non-hydrogen) atoms. The first-order valence-electron chi connectivity index (χ1n) is 9.48. The van der Waals surface area contributed by atoms with Crippen LogP contribution >= 0.6 is 22.9 Å². The van der Waals surface area contributed by atoms with Gasteiger partial charge in [0.05, 0.1) is 5.92 Å². The van der Waals surface area contributed by atoms with Crippen molar-refractivity contribution < 1.29 is 9.59 Å². The third kappa shape index (κ3) is 3.36. The van der Waals surface area contributed by atoms with E-state index in [0.717, 1.165) is 10.5 Å². The summed E-state index contributed by atoms with van der Waals surface area (Å²) in [7, 11) is 0. The summed E-state index contributed by atoms with van der Waals surface area (Å²) in [6.45, 7) is 0.317. The number of halogens is 1. The second-order valence-corrected chi connectivity index (χ2v) is 8.41. The van der Waals surface area contributed by atoms with Gasteiger partial charge < -0.3 is 10.2 Å². The van der Waals surface area contributed by atoms with Gasteiger partial charge in [-0.3, -0.25) is 14.0 Å². The molecule has 3 heterocycles. The fraction of sp³-hybridized carbons (Fsp3) is 0.136. The third-order valence-electron chi connectivity index (χ3n) is 5.17. The van der Waals surface area contributed by atoms with Gasteiger partial charge in [-0.15, -0.1) is 11.3 Å². The van der Waals surface area contributed by atoms with Gasteiger partial charge in [0.2, 0.25) is 11.8 Å². The van der Waals surface area contributed by atoms with Crippen LogP contribution in [0.3, 0.4) is 0 Å². The number of amides is 2. The van der Waals surface area contributed by atoms with Gasteiger partial charge in [0.1, 0.15) is 11.5 Å². The Morgan fingerprint density at radius 2 is 2.00 bits per heavy atom. The van der Waals surface area contributed by atoms with Crippen molar-refractivity contribution in [2.45, 2.75) is 6.42 Å². The maximum atomic E-state index is 13.1. The van der Waals surface area contributed by atoms with Crippen molar-refractivity contribution >= 4 is 51.2 Å². The first-order chi connectivity index (χ1) is 14.6. The molecule has 150 valence electrons. The number of benzene rings is 2. The van der Waals surface area contributed by atoms with Crippen LogP contribution in [0.4, 0.5) is 11.5 Å². The van der Waals surface area contributed by atoms with E-state index in [0.29, 0.717) is 28.8 Å². The molecule has 1 unspecified atom stereocenters. The van der Waals surface area contributed by atoms with Crippen LogP contribution in [0.25, 0.3) is 16.2 Å². The highest BCUT2D eigenvalue weighted by Gasteiger charge is 2.36. The summed E-state index contributed by atoms with van der Waals surface area (Å²) in [5, 5.41) is 5.51. The van der Waals surface area contributed by atoms with Crippen molar-refractivity contribution in [3.63, 3.8) is 0 Å². The van der Waals surface area contributed by atoms with Gasteiger partial charge in [0, 0.05) is 40.8 Å². The summed E-state index contributed by atoms with van der Waals surface area (Å²) in [5.74, 6) is -0.117. The van der Waals surface area contributed by atoms with Crippen molar-refractivity contribution in [3.8, 4) is 11.3 Å². The van der Waals surface area contributed by atoms with Gasteiger partial charge in [-0.05, 0) is 18.2 Å². The Hall–Kier alpha value is -3.16. The van der Waals surface area contributed by atoms with E-state index in [2.05, 4.69) is 10.3 Å². The standard InChI is InChI=1S/C22H17ClN4O2S/c23-16-7-4-8-17(12-16)27-13-15(11-18(27)28)21(29)25-20-19(14-5-2-1-3-6-14)24-22-26(20)9-10-30-22/h1-10,12,15H,11,13H2,(H,25,29). The summed E-state index contributed by atoms with van der Waals surface area (Å²) < 4.78 is 1.87. The summed E-state index contributed by atoms with van der Waals surface area (Å²) >= 11 is 7.56. The van der Waals surface area contributed by atoms with E-state index in [9.17, 15) is 9.59 Å². The number of hydrogen-bond acceptors (Lipinski definition) is 4. The smallest absolute Gasteiger partial charge is 0.230 e. The molecule has 2 aromatic heterocycles. The highest BCUT2D eigenvalue weighted by Crippen LogP contribution is 2.32. The van der Waals surface area contributed by atoms with Gasteiger partial charge in [-0.2, -0.15) is 0 Å². The van der Waals surface area contributed by atoms with Crippen molar-refractivity contribution in [1.82, 2.24) is 9.38 Å². The van der Waals surface area contributed by atoms with Gasteiger partial charge >= 0.3 is 0 Å². The Balaban J connectivity index is 1.42. The average Bonchev–Trinajstić information content (AvgIpc) is 3.44. The Kier molecular flexibility index (Phi) is 4.77. The van der Waals surface area contributed by atoms with E-state index in [1.807, 2.05) is 52.4 Å². The van der Waals surface area contributed by atoms with Crippen LogP contribution in [0.5, 0.6) is 0 Å². The largest absolute Gasteiger partial charge is 0.312 e. The second-order valence-electron chi connectivity index (χ2n) is 7.11. The zero-order valence-electron chi connectivity index (χ0n) is 15.8. The Morgan fingerprint density at radius 1 is 1.17 bits per heavy atom. The van der Waals surface area contributed by atoms with E-state index in [1.165, 1.54) is 11.3 Å². The summed E-state index contributed by atoms with van der Waals surface area (Å²) in [6, 6.07) is 16.8. The van der Waals surface area contributed by atoms with Gasteiger partial charge in [-0.1, -0.05) is 48.0 Å². The first kappa shape index (κ1) is 18.8. The molecule has 1 atom stereocenters. The molecule has 0 radical (unpaired) electrons. The predicted octanol–water partition coefficient (Wildman–Crippen LogP) is 4.71. The molecular formula is C22H17ClN4O2S. The molecule has 0 saturated carbocycles. The molecule has 2 amide bonds. The second kappa shape index (κ2) is 7.59. The van der Waals surface area contributed by atoms with Gasteiger partial charge in [0.15, 0.2) is 4.96 Å². The zero-order valence-corrected chi connectivity index (χ0v) is 17.4. The summed E-state index contributed by atoms with van der Waals surface area (Å²) in [6.07, 6.45) is 2.04. The third-order valence-corrected chi connectivity index (χ3v) is 6.16. The minimum absolute atomic E-state index is 0.0883. The normalized spacial score (nSPS) is 16.4. The van der Waals surface area contributed by atoms with Crippen LogP contribution in [0.2, 0.25) is 5.02 Å². The van der Waals surface area contributed by atoms with Crippen LogP contribution < -0.4 is 10.2 Å². The van der Waals surface area contributed by atoms with Gasteiger partial charge in [-0.25, -0.2) is 4.98 Å². The average molecular weight is 437 g/mol. The predicted molar refractivity (Wildman–Crippen MR) is 119 cm³/mol. The Bertz CT molecular complexity index is 1250. The lowest BCUT2D eigenvalue weighted by Gasteiger charge is -2.17. The van der Waals surface area contributed by atoms with E-state index in [1.54, 1.807) is 23.1 Å². The van der Waals surface area contributed by atoms with E-state index >= 15 is 0 Å². The molecule has 1 aliphatic heterocycles. The lowest BCUT2D eigenvalue weighted by Crippen LogP contribution is -2.28. The molecule has 8 heteroatoms. The number of hydrogen-bond donors (Lipinski definition) is 1. The van der Waals surface area contributed by atoms with Crippen molar-refractivity contribution in [1.29, 1.82) is 0 Å². The number of thiazole rings is 1. The number of nitrogens with zero attached hydrogens (tertiary/aromatic N) is 3. The maximum absolute atomic E-state index is 13.1. The lowest BCUT2D eigenvalue weighted by molar-refractivity contribution is -0.122. The van der Waals surface area contributed by atoms with E-state index in [4.69, 9.17) is 11.6 Å². The number of nitrogens with one attached hydrogen (secondary N) is 1. The quantitative estimate of drug-likeness (QED) is 0.504. The van der Waals surface area contributed by atoms with Crippen molar-refractivity contribution in [3.05, 3.63) is 71.2 Å². The molecule has 0 aliphatic carbocycles. The maximum Gasteiger partial charge on any atom is 0.230 e. The highest BCUT2D eigenvalue weighted by atomic mass is 35.5. The summed E-state index contributed by atoms with van der Waals surface area (Å²) in [4.78, 5) is 32.7. The number of aromatic nitrogens is 2. The van der Waals surface area contributed by atoms with E-state index in [-0.39, 0.29) is 18.2 Å². The van der Waals surface area contributed by atoms with Crippen LogP contribution in [0.1, 0.15) is 6.42 Å². The number of rotatable bonds is 4. The molecule has 0 bridgehead atoms. The van der Waals surface area contributed by atoms with E-state index < -0.39 is 5.92 Å². The molecule has 5 rings (SSSR count). The Morgan fingerprint density at radius 3 is 2.80 bits per heavy atom. The van der Waals surface area contributed by atoms with Gasteiger partial charge in [0.25, 0.3) is 0 Å².